The lowest BCUT2D eigenvalue weighted by atomic mass is 9.88. The number of rotatable bonds is 4. The van der Waals surface area contributed by atoms with E-state index in [0.717, 1.165) is 19.5 Å². The number of hydrogen-bond acceptors (Lipinski definition) is 4. The summed E-state index contributed by atoms with van der Waals surface area (Å²) in [5.41, 5.74) is 1.31. The summed E-state index contributed by atoms with van der Waals surface area (Å²) in [6, 6.07) is 16.8. The van der Waals surface area contributed by atoms with Crippen molar-refractivity contribution in [3.63, 3.8) is 0 Å². The van der Waals surface area contributed by atoms with E-state index in [4.69, 9.17) is 4.74 Å². The van der Waals surface area contributed by atoms with Crippen LogP contribution in [0.1, 0.15) is 17.9 Å². The first kappa shape index (κ1) is 15.5. The third-order valence-corrected chi connectivity index (χ3v) is 4.30. The maximum absolute atomic E-state index is 10.9. The van der Waals surface area contributed by atoms with Crippen LogP contribution in [-0.4, -0.2) is 36.1 Å². The van der Waals surface area contributed by atoms with Crippen molar-refractivity contribution in [1.82, 2.24) is 4.90 Å². The number of nitro benzene ring substituents is 1. The Labute approximate surface area is 135 Å². The number of ether oxygens (including phenoxy) is 1. The maximum Gasteiger partial charge on any atom is 0.273 e. The molecule has 1 aliphatic rings. The molecule has 1 fully saturated rings. The van der Waals surface area contributed by atoms with Gasteiger partial charge >= 0.3 is 0 Å². The summed E-state index contributed by atoms with van der Waals surface area (Å²) in [5.74, 6) is 0.823. The largest absolute Gasteiger partial charge is 0.489 e. The van der Waals surface area contributed by atoms with E-state index in [1.807, 2.05) is 18.2 Å². The highest BCUT2D eigenvalue weighted by Crippen LogP contribution is 2.31. The van der Waals surface area contributed by atoms with Gasteiger partial charge in [-0.2, -0.15) is 0 Å². The number of non-ortho nitro benzene ring substituents is 1. The van der Waals surface area contributed by atoms with Crippen molar-refractivity contribution in [1.29, 1.82) is 0 Å². The summed E-state index contributed by atoms with van der Waals surface area (Å²) in [6.07, 6.45) is 0.925. The molecule has 5 nitrogen and oxygen atoms in total. The second kappa shape index (κ2) is 6.79. The standard InChI is InChI=1S/C18H20N2O3/c1-19-11-10-18(17(13-19)14-6-3-2-4-7-14)23-16-9-5-8-15(12-16)20(21)22/h2-9,12,17-18H,10-11,13H2,1H3/t17-,18-/m1/s1. The van der Waals surface area contributed by atoms with Crippen molar-refractivity contribution in [3.8, 4) is 5.75 Å². The molecule has 0 radical (unpaired) electrons. The van der Waals surface area contributed by atoms with Crippen LogP contribution in [0.15, 0.2) is 54.6 Å². The van der Waals surface area contributed by atoms with E-state index in [1.54, 1.807) is 12.1 Å². The van der Waals surface area contributed by atoms with E-state index in [0.29, 0.717) is 5.75 Å². The summed E-state index contributed by atoms with van der Waals surface area (Å²) in [4.78, 5) is 12.8. The first-order valence-corrected chi connectivity index (χ1v) is 7.78. The fraction of sp³-hybridized carbons (Fsp3) is 0.333. The number of nitro groups is 1. The molecule has 2 atom stereocenters. The van der Waals surface area contributed by atoms with Crippen molar-refractivity contribution < 1.29 is 9.66 Å². The second-order valence-electron chi connectivity index (χ2n) is 5.98. The summed E-state index contributed by atoms with van der Waals surface area (Å²) >= 11 is 0. The lowest BCUT2D eigenvalue weighted by molar-refractivity contribution is -0.385. The number of likely N-dealkylation sites (N-methyl/N-ethyl adjacent to an activating group) is 1. The minimum absolute atomic E-state index is 0.0237. The van der Waals surface area contributed by atoms with Gasteiger partial charge < -0.3 is 9.64 Å². The Morgan fingerprint density at radius 2 is 1.96 bits per heavy atom. The lowest BCUT2D eigenvalue weighted by Crippen LogP contribution is -2.42. The number of nitrogens with zero attached hydrogens (tertiary/aromatic N) is 2. The highest BCUT2D eigenvalue weighted by atomic mass is 16.6. The Bertz CT molecular complexity index is 675. The molecular weight excluding hydrogens is 292 g/mol. The highest BCUT2D eigenvalue weighted by Gasteiger charge is 2.30. The zero-order chi connectivity index (χ0) is 16.2. The van der Waals surface area contributed by atoms with E-state index in [9.17, 15) is 10.1 Å². The first-order valence-electron chi connectivity index (χ1n) is 7.78. The van der Waals surface area contributed by atoms with Gasteiger partial charge in [0.15, 0.2) is 0 Å². The molecule has 1 aliphatic heterocycles. The van der Waals surface area contributed by atoms with Gasteiger partial charge in [-0.3, -0.25) is 10.1 Å². The van der Waals surface area contributed by atoms with Crippen LogP contribution in [0, 0.1) is 10.1 Å². The Hall–Kier alpha value is -2.40. The summed E-state index contributed by atoms with van der Waals surface area (Å²) < 4.78 is 6.13. The molecule has 1 saturated heterocycles. The van der Waals surface area contributed by atoms with Gasteiger partial charge in [-0.25, -0.2) is 0 Å². The smallest absolute Gasteiger partial charge is 0.273 e. The Morgan fingerprint density at radius 3 is 2.70 bits per heavy atom. The molecule has 23 heavy (non-hydrogen) atoms. The van der Waals surface area contributed by atoms with Crippen molar-refractivity contribution >= 4 is 5.69 Å². The Kier molecular flexibility index (Phi) is 4.57. The van der Waals surface area contributed by atoms with Crippen molar-refractivity contribution in [2.75, 3.05) is 20.1 Å². The van der Waals surface area contributed by atoms with Gasteiger partial charge in [-0.15, -0.1) is 0 Å². The fourth-order valence-electron chi connectivity index (χ4n) is 3.10. The zero-order valence-corrected chi connectivity index (χ0v) is 13.1. The molecule has 0 aromatic heterocycles. The monoisotopic (exact) mass is 312 g/mol. The van der Waals surface area contributed by atoms with E-state index in [-0.39, 0.29) is 17.7 Å². The normalized spacial score (nSPS) is 21.8. The zero-order valence-electron chi connectivity index (χ0n) is 13.1. The molecule has 0 unspecified atom stereocenters. The van der Waals surface area contributed by atoms with Crippen LogP contribution in [0.5, 0.6) is 5.75 Å². The summed E-state index contributed by atoms with van der Waals surface area (Å²) in [5, 5.41) is 10.9. The quantitative estimate of drug-likeness (QED) is 0.641. The first-order chi connectivity index (χ1) is 11.1. The van der Waals surface area contributed by atoms with Gasteiger partial charge in [0, 0.05) is 25.1 Å². The molecule has 5 heteroatoms. The van der Waals surface area contributed by atoms with Gasteiger partial charge in [0.2, 0.25) is 0 Å². The van der Waals surface area contributed by atoms with Crippen LogP contribution in [0.2, 0.25) is 0 Å². The van der Waals surface area contributed by atoms with Crippen molar-refractivity contribution in [2.45, 2.75) is 18.4 Å². The van der Waals surface area contributed by atoms with Crippen LogP contribution in [-0.2, 0) is 0 Å². The minimum atomic E-state index is -0.393. The lowest BCUT2D eigenvalue weighted by Gasteiger charge is -2.37. The van der Waals surface area contributed by atoms with E-state index < -0.39 is 4.92 Å². The molecule has 0 aliphatic carbocycles. The van der Waals surface area contributed by atoms with Gasteiger partial charge in [0.05, 0.1) is 11.0 Å². The fourth-order valence-corrected chi connectivity index (χ4v) is 3.10. The van der Waals surface area contributed by atoms with Crippen LogP contribution < -0.4 is 4.74 Å². The van der Waals surface area contributed by atoms with Crippen LogP contribution in [0.3, 0.4) is 0 Å². The predicted octanol–water partition coefficient (Wildman–Crippen LogP) is 3.46. The average molecular weight is 312 g/mol. The topological polar surface area (TPSA) is 55.6 Å². The molecular formula is C18H20N2O3. The molecule has 0 bridgehead atoms. The van der Waals surface area contributed by atoms with Crippen LogP contribution >= 0.6 is 0 Å². The molecule has 0 saturated carbocycles. The third kappa shape index (κ3) is 3.68. The van der Waals surface area contributed by atoms with Gasteiger partial charge in [-0.05, 0) is 25.1 Å². The van der Waals surface area contributed by atoms with E-state index >= 15 is 0 Å². The Balaban J connectivity index is 1.82. The van der Waals surface area contributed by atoms with Crippen LogP contribution in [0.25, 0.3) is 0 Å². The van der Waals surface area contributed by atoms with Gasteiger partial charge in [0.25, 0.3) is 5.69 Å². The maximum atomic E-state index is 10.9. The number of piperidine rings is 1. The molecule has 1 heterocycles. The third-order valence-electron chi connectivity index (χ3n) is 4.30. The van der Waals surface area contributed by atoms with E-state index in [1.165, 1.54) is 17.7 Å². The second-order valence-corrected chi connectivity index (χ2v) is 5.98. The molecule has 0 N–H and O–H groups in total. The molecule has 2 aromatic rings. The van der Waals surface area contributed by atoms with Crippen molar-refractivity contribution in [2.24, 2.45) is 0 Å². The number of benzene rings is 2. The Morgan fingerprint density at radius 1 is 1.17 bits per heavy atom. The van der Waals surface area contributed by atoms with Crippen LogP contribution in [0.4, 0.5) is 5.69 Å². The van der Waals surface area contributed by atoms with Gasteiger partial charge in [0.1, 0.15) is 11.9 Å². The summed E-state index contributed by atoms with van der Waals surface area (Å²) in [7, 11) is 2.11. The number of hydrogen-bond donors (Lipinski definition) is 0. The molecule has 3 rings (SSSR count). The summed E-state index contributed by atoms with van der Waals surface area (Å²) in [6.45, 7) is 1.88. The molecule has 2 aromatic carbocycles. The average Bonchev–Trinajstić information content (AvgIpc) is 2.57. The number of likely N-dealkylation sites (tertiary alicyclic amines) is 1. The predicted molar refractivity (Wildman–Crippen MR) is 88.8 cm³/mol. The molecule has 0 amide bonds. The minimum Gasteiger partial charge on any atom is -0.489 e. The SMILES string of the molecule is CN1CC[C@@H](Oc2cccc([N+](=O)[O-])c2)[C@@H](c2ccccc2)C1. The van der Waals surface area contributed by atoms with Crippen molar-refractivity contribution in [3.05, 3.63) is 70.3 Å². The highest BCUT2D eigenvalue weighted by molar-refractivity contribution is 5.38. The molecule has 120 valence electrons. The molecule has 0 spiro atoms. The van der Waals surface area contributed by atoms with E-state index in [2.05, 4.69) is 24.1 Å². The van der Waals surface area contributed by atoms with Gasteiger partial charge in [-0.1, -0.05) is 36.4 Å².